The molecule has 0 radical (unpaired) electrons. The van der Waals surface area contributed by atoms with E-state index in [0.29, 0.717) is 30.8 Å². The molecule has 0 unspecified atom stereocenters. The number of benzene rings is 1. The molecule has 152 valence electrons. The van der Waals surface area contributed by atoms with Crippen molar-refractivity contribution in [1.29, 1.82) is 0 Å². The lowest BCUT2D eigenvalue weighted by Crippen LogP contribution is -2.29. The van der Waals surface area contributed by atoms with Gasteiger partial charge in [0.2, 0.25) is 5.91 Å². The van der Waals surface area contributed by atoms with E-state index in [0.717, 1.165) is 19.5 Å². The van der Waals surface area contributed by atoms with Crippen LogP contribution in [0.5, 0.6) is 0 Å². The molecule has 0 saturated heterocycles. The number of amides is 2. The predicted octanol–water partition coefficient (Wildman–Crippen LogP) is 2.41. The maximum absolute atomic E-state index is 12.3. The molecular formula is C19H25Cl2N5O2. The van der Waals surface area contributed by atoms with E-state index in [1.165, 1.54) is 5.57 Å². The summed E-state index contributed by atoms with van der Waals surface area (Å²) in [5.74, 6) is -0.241. The molecule has 0 spiro atoms. The summed E-state index contributed by atoms with van der Waals surface area (Å²) >= 11 is 0. The minimum atomic E-state index is -0.140. The molecule has 0 atom stereocenters. The van der Waals surface area contributed by atoms with Crippen molar-refractivity contribution in [3.05, 3.63) is 60.2 Å². The Hall–Kier alpha value is -2.35. The Kier molecular flexibility index (Phi) is 10.3. The quantitative estimate of drug-likeness (QED) is 0.594. The topological polar surface area (TPSA) is 88.0 Å². The fourth-order valence-electron chi connectivity index (χ4n) is 2.74. The molecule has 0 aliphatic carbocycles. The van der Waals surface area contributed by atoms with Gasteiger partial charge in [0, 0.05) is 49.7 Å². The van der Waals surface area contributed by atoms with Gasteiger partial charge in [-0.1, -0.05) is 17.7 Å². The standard InChI is InChI=1S/C19H23N5O2.2ClH/c25-18(6-10-24-11-9-21-14-24)23-17-3-1-2-16(12-17)19(26)22-13-15-4-7-20-8-5-15;;/h1-4,9,11-12,14,20H,5-8,10,13H2,(H,22,26)(H,23,25);2*1H. The van der Waals surface area contributed by atoms with Gasteiger partial charge in [-0.05, 0) is 31.2 Å². The second-order valence-electron chi connectivity index (χ2n) is 6.18. The van der Waals surface area contributed by atoms with Gasteiger partial charge in [0.25, 0.3) is 5.91 Å². The average Bonchev–Trinajstić information content (AvgIpc) is 3.19. The lowest BCUT2D eigenvalue weighted by atomic mass is 10.1. The van der Waals surface area contributed by atoms with Crippen molar-refractivity contribution < 1.29 is 9.59 Å². The first-order valence-electron chi connectivity index (χ1n) is 8.73. The van der Waals surface area contributed by atoms with Gasteiger partial charge in [-0.2, -0.15) is 0 Å². The van der Waals surface area contributed by atoms with Crippen LogP contribution in [0.25, 0.3) is 0 Å². The van der Waals surface area contributed by atoms with Gasteiger partial charge in [-0.15, -0.1) is 24.8 Å². The first-order chi connectivity index (χ1) is 12.7. The molecule has 28 heavy (non-hydrogen) atoms. The van der Waals surface area contributed by atoms with Crippen LogP contribution in [0.15, 0.2) is 54.6 Å². The van der Waals surface area contributed by atoms with Crippen LogP contribution in [0.2, 0.25) is 0 Å². The molecule has 0 bridgehead atoms. The van der Waals surface area contributed by atoms with Gasteiger partial charge in [0.15, 0.2) is 0 Å². The molecule has 0 fully saturated rings. The van der Waals surface area contributed by atoms with E-state index < -0.39 is 0 Å². The van der Waals surface area contributed by atoms with Crippen LogP contribution < -0.4 is 16.0 Å². The largest absolute Gasteiger partial charge is 0.348 e. The Balaban J connectivity index is 0.00000196. The van der Waals surface area contributed by atoms with Gasteiger partial charge < -0.3 is 20.5 Å². The number of rotatable bonds is 7. The number of hydrogen-bond donors (Lipinski definition) is 3. The number of imidazole rings is 1. The van der Waals surface area contributed by atoms with E-state index in [1.54, 1.807) is 36.8 Å². The van der Waals surface area contributed by atoms with Crippen LogP contribution in [-0.4, -0.2) is 41.0 Å². The Morgan fingerprint density at radius 2 is 2.11 bits per heavy atom. The average molecular weight is 426 g/mol. The minimum absolute atomic E-state index is 0. The smallest absolute Gasteiger partial charge is 0.251 e. The summed E-state index contributed by atoms with van der Waals surface area (Å²) in [7, 11) is 0. The molecule has 1 aliphatic heterocycles. The number of nitrogens with one attached hydrogen (secondary N) is 3. The number of carbonyl (C=O) groups excluding carboxylic acids is 2. The number of halogens is 2. The Morgan fingerprint density at radius 1 is 1.25 bits per heavy atom. The first kappa shape index (κ1) is 23.7. The number of aromatic nitrogens is 2. The second-order valence-corrected chi connectivity index (χ2v) is 6.18. The summed E-state index contributed by atoms with van der Waals surface area (Å²) in [5, 5.41) is 9.01. The molecule has 3 rings (SSSR count). The summed E-state index contributed by atoms with van der Waals surface area (Å²) in [6, 6.07) is 6.99. The number of nitrogens with zero attached hydrogens (tertiary/aromatic N) is 2. The van der Waals surface area contributed by atoms with Crippen LogP contribution in [0.1, 0.15) is 23.2 Å². The van der Waals surface area contributed by atoms with Crippen molar-refractivity contribution in [2.45, 2.75) is 19.4 Å². The number of aryl methyl sites for hydroxylation is 1. The van der Waals surface area contributed by atoms with Crippen LogP contribution in [0, 0.1) is 0 Å². The van der Waals surface area contributed by atoms with Crippen molar-refractivity contribution >= 4 is 42.3 Å². The van der Waals surface area contributed by atoms with Crippen molar-refractivity contribution in [1.82, 2.24) is 20.2 Å². The number of carbonyl (C=O) groups is 2. The normalized spacial score (nSPS) is 12.8. The van der Waals surface area contributed by atoms with Gasteiger partial charge in [-0.25, -0.2) is 4.98 Å². The maximum Gasteiger partial charge on any atom is 0.251 e. The Bertz CT molecular complexity index is 793. The number of hydrogen-bond acceptors (Lipinski definition) is 4. The van der Waals surface area contributed by atoms with Gasteiger partial charge in [-0.3, -0.25) is 9.59 Å². The lowest BCUT2D eigenvalue weighted by molar-refractivity contribution is -0.116. The molecule has 1 aromatic carbocycles. The molecule has 0 saturated carbocycles. The maximum atomic E-state index is 12.3. The highest BCUT2D eigenvalue weighted by Crippen LogP contribution is 2.12. The fourth-order valence-corrected chi connectivity index (χ4v) is 2.74. The monoisotopic (exact) mass is 425 g/mol. The third kappa shape index (κ3) is 7.34. The van der Waals surface area contributed by atoms with E-state index in [1.807, 2.05) is 10.8 Å². The summed E-state index contributed by atoms with van der Waals surface area (Å²) < 4.78 is 1.85. The molecule has 2 aromatic rings. The van der Waals surface area contributed by atoms with Crippen molar-refractivity contribution in [3.63, 3.8) is 0 Å². The molecule has 1 aliphatic rings. The van der Waals surface area contributed by atoms with Crippen molar-refractivity contribution in [2.75, 3.05) is 25.0 Å². The molecule has 2 heterocycles. The highest BCUT2D eigenvalue weighted by Gasteiger charge is 2.10. The number of anilines is 1. The zero-order valence-corrected chi connectivity index (χ0v) is 17.0. The lowest BCUT2D eigenvalue weighted by Gasteiger charge is -2.14. The third-order valence-corrected chi connectivity index (χ3v) is 4.20. The van der Waals surface area contributed by atoms with Crippen LogP contribution in [0.4, 0.5) is 5.69 Å². The van der Waals surface area contributed by atoms with E-state index in [9.17, 15) is 9.59 Å². The Morgan fingerprint density at radius 3 is 2.82 bits per heavy atom. The summed E-state index contributed by atoms with van der Waals surface area (Å²) in [5.41, 5.74) is 2.39. The molecule has 1 aromatic heterocycles. The van der Waals surface area contributed by atoms with E-state index in [-0.39, 0.29) is 36.6 Å². The fraction of sp³-hybridized carbons (Fsp3) is 0.316. The van der Waals surface area contributed by atoms with E-state index in [4.69, 9.17) is 0 Å². The molecule has 7 nitrogen and oxygen atoms in total. The molecule has 2 amide bonds. The SMILES string of the molecule is Cl.Cl.O=C(CCn1ccnc1)Nc1cccc(C(=O)NCC2=CCNCC2)c1. The van der Waals surface area contributed by atoms with Crippen molar-refractivity contribution in [2.24, 2.45) is 0 Å². The predicted molar refractivity (Wildman–Crippen MR) is 114 cm³/mol. The van der Waals surface area contributed by atoms with E-state index >= 15 is 0 Å². The highest BCUT2D eigenvalue weighted by atomic mass is 35.5. The molecular weight excluding hydrogens is 401 g/mol. The Labute approximate surface area is 176 Å². The summed E-state index contributed by atoms with van der Waals surface area (Å²) in [6.07, 6.45) is 8.58. The van der Waals surface area contributed by atoms with Crippen molar-refractivity contribution in [3.8, 4) is 0 Å². The van der Waals surface area contributed by atoms with Crippen LogP contribution >= 0.6 is 24.8 Å². The van der Waals surface area contributed by atoms with Gasteiger partial charge >= 0.3 is 0 Å². The van der Waals surface area contributed by atoms with Gasteiger partial charge in [0.05, 0.1) is 6.33 Å². The minimum Gasteiger partial charge on any atom is -0.348 e. The molecule has 3 N–H and O–H groups in total. The van der Waals surface area contributed by atoms with Crippen LogP contribution in [0.3, 0.4) is 0 Å². The first-order valence-corrected chi connectivity index (χ1v) is 8.73. The third-order valence-electron chi connectivity index (χ3n) is 4.20. The van der Waals surface area contributed by atoms with Crippen LogP contribution in [-0.2, 0) is 11.3 Å². The second kappa shape index (κ2) is 12.2. The highest BCUT2D eigenvalue weighted by molar-refractivity contribution is 5.97. The zero-order chi connectivity index (χ0) is 18.2. The van der Waals surface area contributed by atoms with E-state index in [2.05, 4.69) is 27.0 Å². The van der Waals surface area contributed by atoms with Gasteiger partial charge in [0.1, 0.15) is 0 Å². The zero-order valence-electron chi connectivity index (χ0n) is 15.4. The summed E-state index contributed by atoms with van der Waals surface area (Å²) in [4.78, 5) is 28.3. The summed E-state index contributed by atoms with van der Waals surface area (Å²) in [6.45, 7) is 2.92. The molecule has 9 heteroatoms.